The van der Waals surface area contributed by atoms with Crippen LogP contribution < -0.4 is 0 Å². The Labute approximate surface area is 285 Å². The van der Waals surface area contributed by atoms with Gasteiger partial charge in [-0.25, -0.2) is 0 Å². The molecule has 0 saturated carbocycles. The minimum atomic E-state index is -0.773. The summed E-state index contributed by atoms with van der Waals surface area (Å²) < 4.78 is 10.6. The molecule has 5 heteroatoms. The number of hydrogen-bond donors (Lipinski definition) is 1. The Kier molecular flexibility index (Phi) is 36.5. The SMILES string of the molecule is CCCCCCCCC=CCCCCCCCCCC(=O)OC[C@H](CO)OC(=O)CCCCCCCC=CCCCCCCCC. The van der Waals surface area contributed by atoms with Crippen LogP contribution in [0, 0.1) is 0 Å². The summed E-state index contributed by atoms with van der Waals surface area (Å²) in [6.07, 6.45) is 43.8. The van der Waals surface area contributed by atoms with Crippen LogP contribution >= 0.6 is 0 Å². The van der Waals surface area contributed by atoms with E-state index >= 15 is 0 Å². The molecule has 0 unspecified atom stereocenters. The van der Waals surface area contributed by atoms with Crippen LogP contribution in [0.5, 0.6) is 0 Å². The monoisotopic (exact) mass is 649 g/mol. The van der Waals surface area contributed by atoms with Gasteiger partial charge in [-0.2, -0.15) is 0 Å². The van der Waals surface area contributed by atoms with Crippen LogP contribution in [0.25, 0.3) is 0 Å². The van der Waals surface area contributed by atoms with Gasteiger partial charge in [0, 0.05) is 12.8 Å². The Balaban J connectivity index is 3.55. The number of aliphatic hydroxyl groups excluding tert-OH is 1. The Bertz CT molecular complexity index is 701. The van der Waals surface area contributed by atoms with Gasteiger partial charge in [0.25, 0.3) is 0 Å². The third-order valence-corrected chi connectivity index (χ3v) is 8.72. The van der Waals surface area contributed by atoms with Crippen molar-refractivity contribution in [3.63, 3.8) is 0 Å². The van der Waals surface area contributed by atoms with Crippen molar-refractivity contribution in [3.8, 4) is 0 Å². The van der Waals surface area contributed by atoms with E-state index in [-0.39, 0.29) is 25.2 Å². The fourth-order valence-corrected chi connectivity index (χ4v) is 5.66. The lowest BCUT2D eigenvalue weighted by Crippen LogP contribution is -2.28. The number of hydrogen-bond acceptors (Lipinski definition) is 5. The summed E-state index contributed by atoms with van der Waals surface area (Å²) in [5, 5.41) is 9.55. The van der Waals surface area contributed by atoms with Gasteiger partial charge in [0.1, 0.15) is 6.61 Å². The average Bonchev–Trinajstić information content (AvgIpc) is 3.06. The summed E-state index contributed by atoms with van der Waals surface area (Å²) in [5.41, 5.74) is 0. The first-order valence-electron chi connectivity index (χ1n) is 19.9. The van der Waals surface area contributed by atoms with Crippen molar-refractivity contribution in [1.82, 2.24) is 0 Å². The van der Waals surface area contributed by atoms with Gasteiger partial charge in [-0.05, 0) is 64.2 Å². The van der Waals surface area contributed by atoms with Gasteiger partial charge in [0.15, 0.2) is 6.10 Å². The van der Waals surface area contributed by atoms with Gasteiger partial charge >= 0.3 is 11.9 Å². The number of rotatable bonds is 36. The van der Waals surface area contributed by atoms with E-state index in [1.165, 1.54) is 135 Å². The predicted octanol–water partition coefficient (Wildman–Crippen LogP) is 12.3. The number of unbranched alkanes of at least 4 members (excludes halogenated alkanes) is 24. The highest BCUT2D eigenvalue weighted by atomic mass is 16.6. The summed E-state index contributed by atoms with van der Waals surface area (Å²) in [5.74, 6) is -0.601. The zero-order valence-corrected chi connectivity index (χ0v) is 30.6. The molecule has 0 spiro atoms. The van der Waals surface area contributed by atoms with Crippen LogP contribution in [0.4, 0.5) is 0 Å². The fraction of sp³-hybridized carbons (Fsp3) is 0.854. The molecule has 0 fully saturated rings. The summed E-state index contributed by atoms with van der Waals surface area (Å²) in [7, 11) is 0. The Morgan fingerprint density at radius 3 is 1.17 bits per heavy atom. The quantitative estimate of drug-likeness (QED) is 0.0416. The minimum absolute atomic E-state index is 0.0686. The van der Waals surface area contributed by atoms with Crippen molar-refractivity contribution >= 4 is 11.9 Å². The number of esters is 2. The summed E-state index contributed by atoms with van der Waals surface area (Å²) in [4.78, 5) is 24.2. The molecule has 0 aliphatic carbocycles. The van der Waals surface area contributed by atoms with Crippen LogP contribution in [-0.4, -0.2) is 36.4 Å². The van der Waals surface area contributed by atoms with Crippen molar-refractivity contribution in [2.75, 3.05) is 13.2 Å². The molecule has 0 aliphatic rings. The molecule has 1 N–H and O–H groups in total. The second-order valence-corrected chi connectivity index (χ2v) is 13.4. The molecule has 0 aromatic rings. The molecule has 46 heavy (non-hydrogen) atoms. The van der Waals surface area contributed by atoms with Gasteiger partial charge in [-0.3, -0.25) is 9.59 Å². The van der Waals surface area contributed by atoms with Crippen LogP contribution in [0.1, 0.15) is 206 Å². The molecular formula is C41H76O5. The highest BCUT2D eigenvalue weighted by molar-refractivity contribution is 5.70. The van der Waals surface area contributed by atoms with E-state index < -0.39 is 6.10 Å². The molecule has 5 nitrogen and oxygen atoms in total. The first kappa shape index (κ1) is 44.4. The van der Waals surface area contributed by atoms with Crippen molar-refractivity contribution in [1.29, 1.82) is 0 Å². The Morgan fingerprint density at radius 2 is 0.804 bits per heavy atom. The Morgan fingerprint density at radius 1 is 0.478 bits per heavy atom. The molecule has 0 saturated heterocycles. The molecule has 0 aromatic carbocycles. The number of carbonyl (C=O) groups is 2. The number of allylic oxidation sites excluding steroid dienone is 4. The summed E-state index contributed by atoms with van der Waals surface area (Å²) in [6, 6.07) is 0. The normalized spacial score (nSPS) is 12.3. The van der Waals surface area contributed by atoms with Crippen molar-refractivity contribution in [2.45, 2.75) is 213 Å². The van der Waals surface area contributed by atoms with E-state index in [9.17, 15) is 14.7 Å². The molecule has 0 rings (SSSR count). The minimum Gasteiger partial charge on any atom is -0.462 e. The van der Waals surface area contributed by atoms with E-state index in [2.05, 4.69) is 38.2 Å². The maximum absolute atomic E-state index is 12.2. The molecular weight excluding hydrogens is 572 g/mol. The van der Waals surface area contributed by atoms with Gasteiger partial charge in [0.05, 0.1) is 6.61 Å². The van der Waals surface area contributed by atoms with Crippen LogP contribution in [0.2, 0.25) is 0 Å². The van der Waals surface area contributed by atoms with E-state index in [0.29, 0.717) is 12.8 Å². The lowest BCUT2D eigenvalue weighted by atomic mass is 10.1. The maximum Gasteiger partial charge on any atom is 0.306 e. The zero-order valence-electron chi connectivity index (χ0n) is 30.6. The van der Waals surface area contributed by atoms with Crippen molar-refractivity contribution < 1.29 is 24.2 Å². The van der Waals surface area contributed by atoms with E-state index in [4.69, 9.17) is 9.47 Å². The van der Waals surface area contributed by atoms with Crippen LogP contribution in [0.15, 0.2) is 24.3 Å². The smallest absolute Gasteiger partial charge is 0.306 e. The number of aliphatic hydroxyl groups is 1. The standard InChI is InChI=1S/C41H76O5/c1-3-5-7-9-11-13-15-17-19-20-22-23-25-27-29-31-33-35-40(43)45-38-39(37-42)46-41(44)36-34-32-30-28-26-24-21-18-16-14-12-10-8-6-4-2/h17-19,21,39,42H,3-16,20,22-38H2,1-2H3/t39-/m0/s1. The fourth-order valence-electron chi connectivity index (χ4n) is 5.66. The molecule has 0 amide bonds. The average molecular weight is 649 g/mol. The zero-order chi connectivity index (χ0) is 33.6. The predicted molar refractivity (Wildman–Crippen MR) is 196 cm³/mol. The first-order valence-corrected chi connectivity index (χ1v) is 19.9. The van der Waals surface area contributed by atoms with E-state index in [0.717, 1.165) is 44.9 Å². The van der Waals surface area contributed by atoms with Crippen LogP contribution in [0.3, 0.4) is 0 Å². The maximum atomic E-state index is 12.2. The van der Waals surface area contributed by atoms with Crippen LogP contribution in [-0.2, 0) is 19.1 Å². The van der Waals surface area contributed by atoms with Gasteiger partial charge < -0.3 is 14.6 Å². The molecule has 0 aliphatic heterocycles. The summed E-state index contributed by atoms with van der Waals surface area (Å²) >= 11 is 0. The highest BCUT2D eigenvalue weighted by Gasteiger charge is 2.16. The molecule has 0 aromatic heterocycles. The second-order valence-electron chi connectivity index (χ2n) is 13.4. The topological polar surface area (TPSA) is 72.8 Å². The first-order chi connectivity index (χ1) is 22.6. The number of ether oxygens (including phenoxy) is 2. The molecule has 0 bridgehead atoms. The third-order valence-electron chi connectivity index (χ3n) is 8.72. The molecule has 0 heterocycles. The van der Waals surface area contributed by atoms with Crippen molar-refractivity contribution in [3.05, 3.63) is 24.3 Å². The second kappa shape index (κ2) is 37.8. The summed E-state index contributed by atoms with van der Waals surface area (Å²) in [6.45, 7) is 4.12. The third kappa shape index (κ3) is 35.2. The van der Waals surface area contributed by atoms with Crippen molar-refractivity contribution in [2.24, 2.45) is 0 Å². The largest absolute Gasteiger partial charge is 0.462 e. The van der Waals surface area contributed by atoms with Gasteiger partial charge in [-0.15, -0.1) is 0 Å². The van der Waals surface area contributed by atoms with Gasteiger partial charge in [-0.1, -0.05) is 154 Å². The highest BCUT2D eigenvalue weighted by Crippen LogP contribution is 2.13. The Hall–Kier alpha value is -1.62. The molecule has 1 atom stereocenters. The molecule has 270 valence electrons. The lowest BCUT2D eigenvalue weighted by Gasteiger charge is -2.15. The van der Waals surface area contributed by atoms with E-state index in [1.54, 1.807) is 0 Å². The van der Waals surface area contributed by atoms with E-state index in [1.807, 2.05) is 0 Å². The number of carbonyl (C=O) groups excluding carboxylic acids is 2. The molecule has 0 radical (unpaired) electrons. The lowest BCUT2D eigenvalue weighted by molar-refractivity contribution is -0.161. The van der Waals surface area contributed by atoms with Gasteiger partial charge in [0.2, 0.25) is 0 Å².